The predicted molar refractivity (Wildman–Crippen MR) is 69.0 cm³/mol. The topological polar surface area (TPSA) is 74.8 Å². The summed E-state index contributed by atoms with van der Waals surface area (Å²) < 4.78 is 4.84. The lowest BCUT2D eigenvalue weighted by Gasteiger charge is -2.17. The summed E-state index contributed by atoms with van der Waals surface area (Å²) in [4.78, 5) is 11.3. The SMILES string of the molecule is C=CCOC(=O)CCC(C)(C#N)/N=N/C(C)(C)C. The fraction of sp³-hybridized carbons (Fsp3) is 0.692. The van der Waals surface area contributed by atoms with Crippen molar-refractivity contribution in [3.05, 3.63) is 12.7 Å². The van der Waals surface area contributed by atoms with Gasteiger partial charge in [-0.15, -0.1) is 0 Å². The number of nitriles is 1. The van der Waals surface area contributed by atoms with Crippen LogP contribution in [0.15, 0.2) is 22.9 Å². The molecule has 0 aromatic carbocycles. The molecule has 1 atom stereocenters. The van der Waals surface area contributed by atoms with Crippen LogP contribution in [-0.4, -0.2) is 23.7 Å². The maximum absolute atomic E-state index is 11.3. The monoisotopic (exact) mass is 251 g/mol. The van der Waals surface area contributed by atoms with Crippen LogP contribution in [0.5, 0.6) is 0 Å². The zero-order chi connectivity index (χ0) is 14.2. The Morgan fingerprint density at radius 3 is 2.44 bits per heavy atom. The number of esters is 1. The van der Waals surface area contributed by atoms with Crippen LogP contribution in [0.1, 0.15) is 40.5 Å². The summed E-state index contributed by atoms with van der Waals surface area (Å²) in [5, 5.41) is 17.2. The van der Waals surface area contributed by atoms with Crippen LogP contribution in [0, 0.1) is 11.3 Å². The van der Waals surface area contributed by atoms with E-state index in [-0.39, 0.29) is 24.5 Å². The first kappa shape index (κ1) is 16.3. The Morgan fingerprint density at radius 2 is 2.00 bits per heavy atom. The van der Waals surface area contributed by atoms with Gasteiger partial charge in [-0.2, -0.15) is 15.5 Å². The van der Waals surface area contributed by atoms with E-state index in [0.717, 1.165) is 0 Å². The molecule has 0 radical (unpaired) electrons. The molecule has 5 heteroatoms. The van der Waals surface area contributed by atoms with Crippen LogP contribution in [0.4, 0.5) is 0 Å². The maximum Gasteiger partial charge on any atom is 0.306 e. The molecule has 100 valence electrons. The molecule has 0 N–H and O–H groups in total. The molecular formula is C13H21N3O2. The molecule has 5 nitrogen and oxygen atoms in total. The number of carbonyl (C=O) groups excluding carboxylic acids is 1. The van der Waals surface area contributed by atoms with E-state index in [2.05, 4.69) is 22.9 Å². The minimum Gasteiger partial charge on any atom is -0.461 e. The Bertz CT molecular complexity index is 363. The van der Waals surface area contributed by atoms with Gasteiger partial charge in [0.2, 0.25) is 0 Å². The van der Waals surface area contributed by atoms with Gasteiger partial charge in [0, 0.05) is 6.42 Å². The Hall–Kier alpha value is -1.70. The molecule has 0 amide bonds. The smallest absolute Gasteiger partial charge is 0.306 e. The van der Waals surface area contributed by atoms with Crippen LogP contribution in [0.2, 0.25) is 0 Å². The van der Waals surface area contributed by atoms with Crippen molar-refractivity contribution >= 4 is 5.97 Å². The third-order valence-corrected chi connectivity index (χ3v) is 1.99. The van der Waals surface area contributed by atoms with Crippen LogP contribution < -0.4 is 0 Å². The summed E-state index contributed by atoms with van der Waals surface area (Å²) in [5.41, 5.74) is -1.32. The highest BCUT2D eigenvalue weighted by atomic mass is 16.5. The normalized spacial score (nSPS) is 14.8. The Labute approximate surface area is 109 Å². The van der Waals surface area contributed by atoms with Crippen LogP contribution in [0.3, 0.4) is 0 Å². The molecule has 18 heavy (non-hydrogen) atoms. The molecule has 0 aromatic rings. The molecule has 0 spiro atoms. The molecule has 0 saturated carbocycles. The quantitative estimate of drug-likeness (QED) is 0.413. The summed E-state index contributed by atoms with van der Waals surface area (Å²) in [6, 6.07) is 2.07. The van der Waals surface area contributed by atoms with Crippen LogP contribution in [-0.2, 0) is 9.53 Å². The van der Waals surface area contributed by atoms with Crippen molar-refractivity contribution < 1.29 is 9.53 Å². The van der Waals surface area contributed by atoms with Crippen molar-refractivity contribution in [2.45, 2.75) is 51.6 Å². The van der Waals surface area contributed by atoms with Gasteiger partial charge in [0.25, 0.3) is 0 Å². The number of carbonyl (C=O) groups is 1. The van der Waals surface area contributed by atoms with E-state index in [1.54, 1.807) is 6.92 Å². The molecule has 0 rings (SSSR count). The lowest BCUT2D eigenvalue weighted by molar-refractivity contribution is -0.142. The van der Waals surface area contributed by atoms with Gasteiger partial charge in [0.15, 0.2) is 5.54 Å². The molecule has 1 unspecified atom stereocenters. The first-order valence-electron chi connectivity index (χ1n) is 5.84. The highest BCUT2D eigenvalue weighted by Gasteiger charge is 2.25. The van der Waals surface area contributed by atoms with E-state index in [1.807, 2.05) is 20.8 Å². The molecule has 0 fully saturated rings. The second-order valence-electron chi connectivity index (χ2n) is 5.23. The fourth-order valence-corrected chi connectivity index (χ4v) is 0.958. The summed E-state index contributed by atoms with van der Waals surface area (Å²) in [7, 11) is 0. The number of hydrogen-bond donors (Lipinski definition) is 0. The third-order valence-electron chi connectivity index (χ3n) is 1.99. The second-order valence-corrected chi connectivity index (χ2v) is 5.23. The van der Waals surface area contributed by atoms with Gasteiger partial charge in [-0.1, -0.05) is 12.7 Å². The number of ether oxygens (including phenoxy) is 1. The lowest BCUT2D eigenvalue weighted by atomic mass is 9.99. The Balaban J connectivity index is 4.42. The fourth-order valence-electron chi connectivity index (χ4n) is 0.958. The Morgan fingerprint density at radius 1 is 1.39 bits per heavy atom. The summed E-state index contributed by atoms with van der Waals surface area (Å²) in [6.07, 6.45) is 1.93. The van der Waals surface area contributed by atoms with Crippen molar-refractivity contribution in [2.24, 2.45) is 10.2 Å². The average molecular weight is 251 g/mol. The second kappa shape index (κ2) is 6.90. The molecule has 0 bridgehead atoms. The highest BCUT2D eigenvalue weighted by molar-refractivity contribution is 5.69. The van der Waals surface area contributed by atoms with Crippen molar-refractivity contribution in [3.8, 4) is 6.07 Å². The van der Waals surface area contributed by atoms with E-state index in [9.17, 15) is 4.79 Å². The lowest BCUT2D eigenvalue weighted by Crippen LogP contribution is -2.22. The van der Waals surface area contributed by atoms with Gasteiger partial charge in [-0.3, -0.25) is 4.79 Å². The zero-order valence-corrected chi connectivity index (χ0v) is 11.6. The first-order chi connectivity index (χ1) is 8.22. The predicted octanol–water partition coefficient (Wildman–Crippen LogP) is 3.03. The van der Waals surface area contributed by atoms with Crippen LogP contribution in [0.25, 0.3) is 0 Å². The van der Waals surface area contributed by atoms with Crippen molar-refractivity contribution in [1.29, 1.82) is 5.26 Å². The molecule has 0 aliphatic rings. The molecule has 0 aromatic heterocycles. The molecule has 0 aliphatic heterocycles. The van der Waals surface area contributed by atoms with Gasteiger partial charge in [-0.05, 0) is 34.1 Å². The molecule has 0 saturated heterocycles. The third kappa shape index (κ3) is 7.55. The van der Waals surface area contributed by atoms with Gasteiger partial charge in [0.05, 0.1) is 11.6 Å². The largest absolute Gasteiger partial charge is 0.461 e. The molecule has 0 aliphatic carbocycles. The maximum atomic E-state index is 11.3. The van der Waals surface area contributed by atoms with E-state index in [4.69, 9.17) is 10.00 Å². The zero-order valence-electron chi connectivity index (χ0n) is 11.6. The minimum atomic E-state index is -0.986. The van der Waals surface area contributed by atoms with Crippen molar-refractivity contribution in [2.75, 3.05) is 6.61 Å². The average Bonchev–Trinajstić information content (AvgIpc) is 2.30. The minimum absolute atomic E-state index is 0.140. The summed E-state index contributed by atoms with van der Waals surface area (Å²) >= 11 is 0. The van der Waals surface area contributed by atoms with Crippen LogP contribution >= 0.6 is 0 Å². The van der Waals surface area contributed by atoms with E-state index in [1.165, 1.54) is 6.08 Å². The van der Waals surface area contributed by atoms with Crippen molar-refractivity contribution in [1.82, 2.24) is 0 Å². The molecular weight excluding hydrogens is 230 g/mol. The summed E-state index contributed by atoms with van der Waals surface area (Å²) in [6.45, 7) is 11.0. The molecule has 0 heterocycles. The number of hydrogen-bond acceptors (Lipinski definition) is 5. The first-order valence-corrected chi connectivity index (χ1v) is 5.84. The van der Waals surface area contributed by atoms with E-state index >= 15 is 0 Å². The van der Waals surface area contributed by atoms with Crippen molar-refractivity contribution in [3.63, 3.8) is 0 Å². The van der Waals surface area contributed by atoms with E-state index in [0.29, 0.717) is 6.42 Å². The number of azo groups is 1. The number of rotatable bonds is 6. The Kier molecular flexibility index (Phi) is 6.24. The highest BCUT2D eigenvalue weighted by Crippen LogP contribution is 2.20. The van der Waals surface area contributed by atoms with Gasteiger partial charge >= 0.3 is 5.97 Å². The van der Waals surface area contributed by atoms with Gasteiger partial charge in [-0.25, -0.2) is 0 Å². The van der Waals surface area contributed by atoms with E-state index < -0.39 is 5.54 Å². The summed E-state index contributed by atoms with van der Waals surface area (Å²) in [5.74, 6) is -0.359. The number of nitrogens with zero attached hydrogens (tertiary/aromatic N) is 3. The van der Waals surface area contributed by atoms with Gasteiger partial charge < -0.3 is 4.74 Å². The van der Waals surface area contributed by atoms with Gasteiger partial charge in [0.1, 0.15) is 6.61 Å². The standard InChI is InChI=1S/C13H21N3O2/c1-6-9-18-11(17)7-8-13(5,10-14)16-15-12(2,3)4/h6H,1,7-9H2,2-5H3/b16-15+.